The Kier molecular flexibility index (Phi) is 4.52. The monoisotopic (exact) mass is 165 g/mol. The number of hydrogen-bond donors (Lipinski definition) is 0. The second-order valence-corrected chi connectivity index (χ2v) is 3.18. The molecule has 10 heavy (non-hydrogen) atoms. The Balaban J connectivity index is 3.95. The van der Waals surface area contributed by atoms with Gasteiger partial charge in [0.25, 0.3) is 0 Å². The normalized spacial score (nSPS) is 11.4. The third-order valence-corrected chi connectivity index (χ3v) is 2.27. The Hall–Kier alpha value is -0.180. The topological polar surface area (TPSA) is 47.9 Å². The fourth-order valence-electron chi connectivity index (χ4n) is 0.445. The van der Waals surface area contributed by atoms with Gasteiger partial charge in [0.05, 0.1) is 13.2 Å². The summed E-state index contributed by atoms with van der Waals surface area (Å²) in [5, 5.41) is 0. The van der Waals surface area contributed by atoms with Gasteiger partial charge in [0, 0.05) is 0 Å². The predicted octanol–water partition coefficient (Wildman–Crippen LogP) is 1.87. The van der Waals surface area contributed by atoms with Crippen LogP contribution in [0.3, 0.4) is 0 Å². The van der Waals surface area contributed by atoms with E-state index in [1.807, 2.05) is 0 Å². The van der Waals surface area contributed by atoms with Gasteiger partial charge in [-0.05, 0) is 20.6 Å². The molecule has 0 spiro atoms. The van der Waals surface area contributed by atoms with Gasteiger partial charge in [-0.15, -0.1) is 0 Å². The van der Waals surface area contributed by atoms with Crippen LogP contribution in [0.4, 0.5) is 0 Å². The van der Waals surface area contributed by atoms with Crippen molar-refractivity contribution in [1.29, 1.82) is 0 Å². The van der Waals surface area contributed by atoms with Crippen molar-refractivity contribution in [1.82, 2.24) is 0 Å². The van der Waals surface area contributed by atoms with Gasteiger partial charge in [-0.1, -0.05) is 0 Å². The Morgan fingerprint density at radius 3 is 2.00 bits per heavy atom. The van der Waals surface area contributed by atoms with Crippen molar-refractivity contribution in [3.63, 3.8) is 0 Å². The van der Waals surface area contributed by atoms with Crippen LogP contribution in [0.15, 0.2) is 4.76 Å². The second kappa shape index (κ2) is 4.61. The Morgan fingerprint density at radius 2 is 1.80 bits per heavy atom. The quantitative estimate of drug-likeness (QED) is 0.461. The fraction of sp³-hybridized carbons (Fsp3) is 0.800. The van der Waals surface area contributed by atoms with E-state index in [4.69, 9.17) is 9.05 Å². The second-order valence-electron chi connectivity index (χ2n) is 1.45. The molecule has 0 saturated carbocycles. The highest BCUT2D eigenvalue weighted by Crippen LogP contribution is 2.48. The largest absolute Gasteiger partial charge is 0.453 e. The van der Waals surface area contributed by atoms with Crippen LogP contribution < -0.4 is 0 Å². The third-order valence-electron chi connectivity index (χ3n) is 0.758. The lowest BCUT2D eigenvalue weighted by atomic mass is 10.9. The molecule has 0 aliphatic rings. The van der Waals surface area contributed by atoms with Gasteiger partial charge < -0.3 is 0 Å². The average molecular weight is 165 g/mol. The lowest BCUT2D eigenvalue weighted by Crippen LogP contribution is -1.91. The molecule has 0 rings (SSSR count). The van der Waals surface area contributed by atoms with Crippen LogP contribution in [0.1, 0.15) is 13.8 Å². The van der Waals surface area contributed by atoms with Crippen molar-refractivity contribution in [2.45, 2.75) is 13.8 Å². The molecular formula is C5H12NO3P. The molecule has 4 nitrogen and oxygen atoms in total. The lowest BCUT2D eigenvalue weighted by Gasteiger charge is -2.09. The first-order valence-corrected chi connectivity index (χ1v) is 4.55. The number of rotatable bonds is 5. The highest BCUT2D eigenvalue weighted by molar-refractivity contribution is 7.52. The summed E-state index contributed by atoms with van der Waals surface area (Å²) in [6, 6.07) is 0. The van der Waals surface area contributed by atoms with E-state index >= 15 is 0 Å². The Morgan fingerprint density at radius 1 is 1.40 bits per heavy atom. The van der Waals surface area contributed by atoms with Gasteiger partial charge >= 0.3 is 7.75 Å². The van der Waals surface area contributed by atoms with E-state index in [0.29, 0.717) is 13.2 Å². The number of nitrogens with zero attached hydrogens (tertiary/aromatic N) is 1. The molecule has 0 aromatic carbocycles. The molecule has 0 aliphatic carbocycles. The van der Waals surface area contributed by atoms with Crippen molar-refractivity contribution in [2.75, 3.05) is 13.2 Å². The van der Waals surface area contributed by atoms with E-state index in [1.54, 1.807) is 13.8 Å². The average Bonchev–Trinajstić information content (AvgIpc) is 1.89. The summed E-state index contributed by atoms with van der Waals surface area (Å²) in [7, 11) is -3.19. The molecule has 0 radical (unpaired) electrons. The zero-order chi connectivity index (χ0) is 8.04. The van der Waals surface area contributed by atoms with Crippen molar-refractivity contribution in [2.24, 2.45) is 4.76 Å². The van der Waals surface area contributed by atoms with Crippen LogP contribution >= 0.6 is 7.75 Å². The summed E-state index contributed by atoms with van der Waals surface area (Å²) < 4.78 is 23.8. The van der Waals surface area contributed by atoms with E-state index in [9.17, 15) is 4.57 Å². The minimum atomic E-state index is -3.19. The van der Waals surface area contributed by atoms with Gasteiger partial charge in [0.2, 0.25) is 0 Å². The lowest BCUT2D eigenvalue weighted by molar-refractivity contribution is 0.221. The van der Waals surface area contributed by atoms with Crippen molar-refractivity contribution < 1.29 is 13.6 Å². The van der Waals surface area contributed by atoms with E-state index in [0.717, 1.165) is 0 Å². The fourth-order valence-corrected chi connectivity index (χ4v) is 1.34. The summed E-state index contributed by atoms with van der Waals surface area (Å²) in [5.74, 6) is 0. The Bertz CT molecular complexity index is 138. The van der Waals surface area contributed by atoms with Crippen molar-refractivity contribution in [3.05, 3.63) is 0 Å². The molecule has 0 fully saturated rings. The van der Waals surface area contributed by atoms with Crippen molar-refractivity contribution >= 4 is 14.5 Å². The van der Waals surface area contributed by atoms with Crippen LogP contribution in [-0.4, -0.2) is 19.9 Å². The van der Waals surface area contributed by atoms with Gasteiger partial charge in [0.1, 0.15) is 0 Å². The summed E-state index contributed by atoms with van der Waals surface area (Å²) in [4.78, 5) is 0. The molecule has 0 bridgehead atoms. The molecule has 0 aromatic rings. The van der Waals surface area contributed by atoms with Gasteiger partial charge in [-0.3, -0.25) is 9.05 Å². The standard InChI is InChI=1S/C5H12NO3P/c1-4-8-10(7,6-3)9-5-2/h3-5H2,1-2H3. The van der Waals surface area contributed by atoms with Gasteiger partial charge in [-0.2, -0.15) is 4.76 Å². The molecular weight excluding hydrogens is 153 g/mol. The summed E-state index contributed by atoms with van der Waals surface area (Å²) in [6.07, 6.45) is 0. The predicted molar refractivity (Wildman–Crippen MR) is 40.4 cm³/mol. The molecule has 0 atom stereocenters. The molecule has 60 valence electrons. The molecule has 0 saturated heterocycles. The van der Waals surface area contributed by atoms with E-state index < -0.39 is 7.75 Å². The van der Waals surface area contributed by atoms with Crippen LogP contribution in [0.2, 0.25) is 0 Å². The maximum atomic E-state index is 11.1. The Labute approximate surface area is 60.8 Å². The zero-order valence-electron chi connectivity index (χ0n) is 6.24. The van der Waals surface area contributed by atoms with Gasteiger partial charge in [-0.25, -0.2) is 4.57 Å². The first-order valence-electron chi connectivity index (χ1n) is 3.06. The summed E-state index contributed by atoms with van der Waals surface area (Å²) in [6.45, 7) is 7.18. The van der Waals surface area contributed by atoms with Crippen LogP contribution in [-0.2, 0) is 13.6 Å². The molecule has 0 heterocycles. The molecule has 0 unspecified atom stereocenters. The SMILES string of the molecule is C=NP(=O)(OCC)OCC. The minimum absolute atomic E-state index is 0.316. The number of hydrogen-bond acceptors (Lipinski definition) is 3. The van der Waals surface area contributed by atoms with Crippen LogP contribution in [0, 0.1) is 0 Å². The first-order chi connectivity index (χ1) is 4.68. The van der Waals surface area contributed by atoms with Gasteiger partial charge in [0.15, 0.2) is 0 Å². The highest BCUT2D eigenvalue weighted by Gasteiger charge is 2.19. The van der Waals surface area contributed by atoms with Crippen LogP contribution in [0.25, 0.3) is 0 Å². The van der Waals surface area contributed by atoms with Crippen LogP contribution in [0.5, 0.6) is 0 Å². The molecule has 0 aromatic heterocycles. The van der Waals surface area contributed by atoms with E-state index in [-0.39, 0.29) is 0 Å². The van der Waals surface area contributed by atoms with Crippen molar-refractivity contribution in [3.8, 4) is 0 Å². The maximum absolute atomic E-state index is 11.1. The smallest absolute Gasteiger partial charge is 0.291 e. The zero-order valence-corrected chi connectivity index (χ0v) is 7.13. The van der Waals surface area contributed by atoms with E-state index in [1.165, 1.54) is 0 Å². The minimum Gasteiger partial charge on any atom is -0.291 e. The van der Waals surface area contributed by atoms with E-state index in [2.05, 4.69) is 11.5 Å². The first kappa shape index (κ1) is 9.82. The maximum Gasteiger partial charge on any atom is 0.453 e. The third kappa shape index (κ3) is 3.11. The molecule has 0 N–H and O–H groups in total. The highest BCUT2D eigenvalue weighted by atomic mass is 31.2. The molecule has 5 heteroatoms. The molecule has 0 aliphatic heterocycles. The molecule has 0 amide bonds. The summed E-state index contributed by atoms with van der Waals surface area (Å²) >= 11 is 0. The summed E-state index contributed by atoms with van der Waals surface area (Å²) in [5.41, 5.74) is 0.